The normalized spacial score (nSPS) is 18.1. The van der Waals surface area contributed by atoms with Crippen molar-refractivity contribution < 1.29 is 18.1 Å². The number of benzene rings is 2. The second kappa shape index (κ2) is 8.15. The number of aliphatic imine (C=N–C) groups is 1. The van der Waals surface area contributed by atoms with E-state index in [9.17, 15) is 23.3 Å². The van der Waals surface area contributed by atoms with E-state index in [2.05, 4.69) is 10.3 Å². The zero-order valence-electron chi connectivity index (χ0n) is 16.2. The number of ketones is 1. The highest BCUT2D eigenvalue weighted by atomic mass is 32.2. The maximum absolute atomic E-state index is 13.4. The Morgan fingerprint density at radius 2 is 1.87 bits per heavy atom. The lowest BCUT2D eigenvalue weighted by Crippen LogP contribution is -2.37. The number of nitrogens with one attached hydrogen (secondary N) is 1. The van der Waals surface area contributed by atoms with Crippen molar-refractivity contribution in [1.82, 2.24) is 10.2 Å². The van der Waals surface area contributed by atoms with E-state index in [0.29, 0.717) is 5.70 Å². The Hall–Kier alpha value is -3.79. The van der Waals surface area contributed by atoms with E-state index < -0.39 is 25.8 Å². The molecule has 2 heterocycles. The third-order valence-electron chi connectivity index (χ3n) is 5.02. The molecule has 0 saturated heterocycles. The molecule has 0 aliphatic carbocycles. The highest BCUT2D eigenvalue weighted by Crippen LogP contribution is 2.27. The third kappa shape index (κ3) is 4.10. The highest BCUT2D eigenvalue weighted by molar-refractivity contribution is 7.92. The molecule has 0 bridgehead atoms. The number of sulfone groups is 1. The van der Waals surface area contributed by atoms with Gasteiger partial charge in [0.15, 0.2) is 15.6 Å². The largest absolute Gasteiger partial charge is 0.363 e. The van der Waals surface area contributed by atoms with Crippen LogP contribution in [0.2, 0.25) is 0 Å². The number of hydrogen-bond donors (Lipinski definition) is 1. The summed E-state index contributed by atoms with van der Waals surface area (Å²) in [5, 5.41) is 12.7. The van der Waals surface area contributed by atoms with Crippen molar-refractivity contribution in [2.24, 2.45) is 4.99 Å². The Morgan fingerprint density at radius 1 is 1.16 bits per heavy atom. The quantitative estimate of drug-likeness (QED) is 0.401. The number of rotatable bonds is 7. The summed E-state index contributed by atoms with van der Waals surface area (Å²) in [6.07, 6.45) is 6.43. The number of non-ortho nitro benzene ring substituents is 1. The SMILES string of the molecule is O=C(c1ccc([N+](=O)[O-])cc1)C(CC1=CN2C=CN=CC2N1)S(=O)(=O)c1ccccc1. The van der Waals surface area contributed by atoms with Crippen LogP contribution in [0.25, 0.3) is 0 Å². The van der Waals surface area contributed by atoms with Crippen molar-refractivity contribution >= 4 is 27.5 Å². The first-order valence-electron chi connectivity index (χ1n) is 9.38. The first kappa shape index (κ1) is 20.5. The molecule has 0 radical (unpaired) electrons. The first-order valence-corrected chi connectivity index (χ1v) is 10.9. The van der Waals surface area contributed by atoms with Crippen molar-refractivity contribution in [3.8, 4) is 0 Å². The molecule has 2 aliphatic heterocycles. The summed E-state index contributed by atoms with van der Waals surface area (Å²) in [6, 6.07) is 12.7. The smallest absolute Gasteiger partial charge is 0.269 e. The van der Waals surface area contributed by atoms with Gasteiger partial charge >= 0.3 is 0 Å². The first-order chi connectivity index (χ1) is 14.9. The molecule has 1 N–H and O–H groups in total. The van der Waals surface area contributed by atoms with Crippen LogP contribution in [-0.4, -0.2) is 41.7 Å². The number of nitrogens with zero attached hydrogens (tertiary/aromatic N) is 3. The number of fused-ring (bicyclic) bond motifs is 1. The van der Waals surface area contributed by atoms with Gasteiger partial charge in [-0.25, -0.2) is 8.42 Å². The minimum Gasteiger partial charge on any atom is -0.363 e. The lowest BCUT2D eigenvalue weighted by atomic mass is 10.0. The average Bonchev–Trinajstić information content (AvgIpc) is 3.20. The van der Waals surface area contributed by atoms with E-state index in [1.807, 2.05) is 4.90 Å². The molecule has 9 nitrogen and oxygen atoms in total. The van der Waals surface area contributed by atoms with Crippen LogP contribution in [0.3, 0.4) is 0 Å². The van der Waals surface area contributed by atoms with Crippen LogP contribution < -0.4 is 5.32 Å². The fraction of sp³-hybridized carbons (Fsp3) is 0.143. The summed E-state index contributed by atoms with van der Waals surface area (Å²) in [6.45, 7) is 0. The average molecular weight is 438 g/mol. The predicted octanol–water partition coefficient (Wildman–Crippen LogP) is 2.64. The molecule has 31 heavy (non-hydrogen) atoms. The Labute approximate surface area is 178 Å². The molecule has 2 aromatic carbocycles. The molecule has 0 saturated carbocycles. The molecule has 0 spiro atoms. The van der Waals surface area contributed by atoms with Crippen molar-refractivity contribution in [2.75, 3.05) is 0 Å². The summed E-state index contributed by atoms with van der Waals surface area (Å²) in [5.41, 5.74) is 0.484. The summed E-state index contributed by atoms with van der Waals surface area (Å²) >= 11 is 0. The topological polar surface area (TPSA) is 122 Å². The summed E-state index contributed by atoms with van der Waals surface area (Å²) < 4.78 is 26.8. The van der Waals surface area contributed by atoms with Crippen molar-refractivity contribution in [3.05, 3.63) is 94.6 Å². The molecule has 4 rings (SSSR count). The molecule has 2 aliphatic rings. The van der Waals surface area contributed by atoms with E-state index in [0.717, 1.165) is 0 Å². The fourth-order valence-electron chi connectivity index (χ4n) is 3.42. The molecule has 2 atom stereocenters. The van der Waals surface area contributed by atoms with Gasteiger partial charge in [0.2, 0.25) is 0 Å². The van der Waals surface area contributed by atoms with Gasteiger partial charge in [-0.05, 0) is 24.3 Å². The Bertz CT molecular complexity index is 1200. The van der Waals surface area contributed by atoms with Gasteiger partial charge in [-0.15, -0.1) is 0 Å². The van der Waals surface area contributed by atoms with Gasteiger partial charge in [0.05, 0.1) is 9.82 Å². The van der Waals surface area contributed by atoms with Gasteiger partial charge in [-0.1, -0.05) is 18.2 Å². The molecule has 2 aromatic rings. The molecule has 0 amide bonds. The summed E-state index contributed by atoms with van der Waals surface area (Å²) in [7, 11) is -4.03. The van der Waals surface area contributed by atoms with E-state index in [4.69, 9.17) is 0 Å². The van der Waals surface area contributed by atoms with Crippen LogP contribution in [0, 0.1) is 10.1 Å². The minimum absolute atomic E-state index is 0.0352. The number of carbonyl (C=O) groups is 1. The Balaban J connectivity index is 1.69. The van der Waals surface area contributed by atoms with Gasteiger partial charge in [-0.3, -0.25) is 19.9 Å². The molecule has 2 unspecified atom stereocenters. The fourth-order valence-corrected chi connectivity index (χ4v) is 5.10. The van der Waals surface area contributed by atoms with Crippen LogP contribution in [-0.2, 0) is 9.84 Å². The third-order valence-corrected chi connectivity index (χ3v) is 7.08. The summed E-state index contributed by atoms with van der Waals surface area (Å²) in [4.78, 5) is 29.5. The molecule has 10 heteroatoms. The lowest BCUT2D eigenvalue weighted by molar-refractivity contribution is -0.384. The monoisotopic (exact) mass is 438 g/mol. The van der Waals surface area contributed by atoms with Crippen molar-refractivity contribution in [3.63, 3.8) is 0 Å². The second-order valence-electron chi connectivity index (χ2n) is 7.01. The van der Waals surface area contributed by atoms with E-state index >= 15 is 0 Å². The molecular formula is C21H18N4O5S. The van der Waals surface area contributed by atoms with Crippen LogP contribution in [0.4, 0.5) is 5.69 Å². The Kier molecular flexibility index (Phi) is 5.38. The zero-order chi connectivity index (χ0) is 22.0. The molecule has 158 valence electrons. The molecule has 0 fully saturated rings. The van der Waals surface area contributed by atoms with Gasteiger partial charge in [0.25, 0.3) is 5.69 Å². The van der Waals surface area contributed by atoms with E-state index in [-0.39, 0.29) is 28.7 Å². The predicted molar refractivity (Wildman–Crippen MR) is 114 cm³/mol. The highest BCUT2D eigenvalue weighted by Gasteiger charge is 2.37. The van der Waals surface area contributed by atoms with Crippen LogP contribution in [0.1, 0.15) is 16.8 Å². The molecular weight excluding hydrogens is 420 g/mol. The Morgan fingerprint density at radius 3 is 2.52 bits per heavy atom. The van der Waals surface area contributed by atoms with Gasteiger partial charge in [0, 0.05) is 54.6 Å². The standard InChI is InChI=1S/C21H18N4O5S/c26-21(15-6-8-17(9-7-15)25(27)28)19(31(29,30)18-4-2-1-3-5-18)12-16-14-24-11-10-22-13-20(24)23-16/h1-11,13-14,19-20,23H,12H2. The van der Waals surface area contributed by atoms with Gasteiger partial charge < -0.3 is 10.2 Å². The van der Waals surface area contributed by atoms with Gasteiger partial charge in [0.1, 0.15) is 11.4 Å². The number of allylic oxidation sites excluding steroid dienone is 1. The second-order valence-corrected chi connectivity index (χ2v) is 9.14. The number of hydrogen-bond acceptors (Lipinski definition) is 8. The minimum atomic E-state index is -4.03. The lowest BCUT2D eigenvalue weighted by Gasteiger charge is -2.20. The van der Waals surface area contributed by atoms with Gasteiger partial charge in [-0.2, -0.15) is 0 Å². The number of nitro groups is 1. The van der Waals surface area contributed by atoms with Crippen molar-refractivity contribution in [2.45, 2.75) is 22.7 Å². The summed E-state index contributed by atoms with van der Waals surface area (Å²) in [5.74, 6) is -0.629. The van der Waals surface area contributed by atoms with Crippen LogP contribution in [0.15, 0.2) is 88.8 Å². The van der Waals surface area contributed by atoms with Crippen molar-refractivity contribution in [1.29, 1.82) is 0 Å². The van der Waals surface area contributed by atoms with E-state index in [1.165, 1.54) is 36.4 Å². The van der Waals surface area contributed by atoms with Crippen LogP contribution >= 0.6 is 0 Å². The molecule has 0 aromatic heterocycles. The number of Topliss-reactive ketones (excluding diaryl/α,β-unsaturated/α-hetero) is 1. The van der Waals surface area contributed by atoms with E-state index in [1.54, 1.807) is 43.0 Å². The zero-order valence-corrected chi connectivity index (χ0v) is 17.0. The number of nitro benzene ring substituents is 1. The number of carbonyl (C=O) groups excluding carboxylic acids is 1. The van der Waals surface area contributed by atoms with Crippen LogP contribution in [0.5, 0.6) is 0 Å². The maximum atomic E-state index is 13.4. The maximum Gasteiger partial charge on any atom is 0.269 e.